The molecule has 2 bridgehead atoms. The number of carbonyl (C=O) groups is 4. The number of imidazole rings is 1. The normalized spacial score (nSPS) is 35.6. The van der Waals surface area contributed by atoms with Crippen molar-refractivity contribution >= 4 is 46.6 Å². The lowest BCUT2D eigenvalue weighted by molar-refractivity contribution is -0.302. The number of ether oxygens (including phenoxy) is 6. The number of aliphatic hydroxyl groups is 2. The Labute approximate surface area is 423 Å². The number of ketones is 2. The number of piperidine rings is 1. The number of aromatic nitrogens is 2. The number of H-pyrrole nitrogens is 1. The van der Waals surface area contributed by atoms with Crippen LogP contribution in [0.1, 0.15) is 118 Å². The van der Waals surface area contributed by atoms with Gasteiger partial charge >= 0.3 is 5.97 Å². The number of nitrogens with one attached hydrogen (secondary N) is 1. The van der Waals surface area contributed by atoms with Crippen LogP contribution in [0.4, 0.5) is 0 Å². The molecule has 2 saturated heterocycles. The maximum absolute atomic E-state index is 14.6. The van der Waals surface area contributed by atoms with Crippen molar-refractivity contribution in [3.8, 4) is 11.3 Å². The minimum Gasteiger partial charge on any atom is -0.456 e. The van der Waals surface area contributed by atoms with Crippen molar-refractivity contribution in [2.24, 2.45) is 29.6 Å². The van der Waals surface area contributed by atoms with Crippen LogP contribution in [-0.4, -0.2) is 131 Å². The predicted molar refractivity (Wildman–Crippen MR) is 265 cm³/mol. The lowest BCUT2D eigenvalue weighted by Gasteiger charge is -2.47. The molecule has 4 aliphatic rings. The van der Waals surface area contributed by atoms with Crippen LogP contribution in [0.25, 0.3) is 11.3 Å². The first kappa shape index (κ1) is 55.8. The van der Waals surface area contributed by atoms with Crippen molar-refractivity contribution in [2.45, 2.75) is 173 Å². The summed E-state index contributed by atoms with van der Waals surface area (Å²) < 4.78 is 36.8. The summed E-state index contributed by atoms with van der Waals surface area (Å²) in [5.41, 5.74) is 3.21. The maximum Gasteiger partial charge on any atom is 0.329 e. The summed E-state index contributed by atoms with van der Waals surface area (Å²) in [5, 5.41) is 25.1. The number of methoxy groups -OCH3 is 3. The number of Topliss-reactive ketones (excluding diaryl/α,β-unsaturated/α-hetero) is 2. The molecule has 6 rings (SSSR count). The van der Waals surface area contributed by atoms with E-state index in [1.54, 1.807) is 45.4 Å². The molecular weight excluding hydrogens is 941 g/mol. The highest BCUT2D eigenvalue weighted by Gasteiger charge is 2.56. The summed E-state index contributed by atoms with van der Waals surface area (Å²) >= 11 is 12.5. The lowest BCUT2D eigenvalue weighted by atomic mass is 9.81. The summed E-state index contributed by atoms with van der Waals surface area (Å²) in [6.45, 7) is 11.5. The van der Waals surface area contributed by atoms with E-state index in [0.29, 0.717) is 66.4 Å². The third-order valence-corrected chi connectivity index (χ3v) is 15.5. The van der Waals surface area contributed by atoms with Gasteiger partial charge in [0, 0.05) is 67.7 Å². The Bertz CT molecular complexity index is 2180. The molecule has 1 saturated carbocycles. The van der Waals surface area contributed by atoms with Gasteiger partial charge in [0.2, 0.25) is 5.79 Å². The van der Waals surface area contributed by atoms with Gasteiger partial charge in [0.1, 0.15) is 36.5 Å². The zero-order valence-electron chi connectivity index (χ0n) is 42.3. The van der Waals surface area contributed by atoms with Crippen LogP contribution in [0.5, 0.6) is 0 Å². The standard InChI is InChI=1S/C53H75Cl2N3O12/c1-10-35-18-29(2)17-30(3)19-45(66-8)49-46(67-9)21-32(5)53(64,70-49)50(61)51(62)58-16-12-11-13-40(58)52(63)69-48(33(6)41(59)26-42(35)60)31(4)20-34-14-15-43(44(22-34)65-7)68-28-47-56-27-39(57-47)36-23-37(54)25-38(55)24-36/h18,20,23-25,27,30,32-35,40-41,43-46,48-49,59,64H,10-17,19,21-22,26,28H2,1-9H3,(H,56,57)/b29-18+,31-20+/t30-,32+,33+,34-,35+,40-,41-,43+,44+,45-,46-,48+,49+,53+/m0/s1. The van der Waals surface area contributed by atoms with E-state index in [1.807, 2.05) is 32.9 Å². The molecule has 14 atom stereocenters. The molecule has 70 heavy (non-hydrogen) atoms. The van der Waals surface area contributed by atoms with E-state index in [2.05, 4.69) is 16.9 Å². The minimum atomic E-state index is -2.52. The number of aliphatic hydroxyl groups excluding tert-OH is 1. The first-order valence-electron chi connectivity index (χ1n) is 25.0. The van der Waals surface area contributed by atoms with Crippen molar-refractivity contribution in [2.75, 3.05) is 27.9 Å². The second-order valence-electron chi connectivity index (χ2n) is 20.3. The van der Waals surface area contributed by atoms with Gasteiger partial charge in [-0.15, -0.1) is 0 Å². The topological polar surface area (TPSA) is 196 Å². The number of hydrogen-bond acceptors (Lipinski definition) is 13. The number of benzene rings is 1. The van der Waals surface area contributed by atoms with Crippen molar-refractivity contribution < 1.29 is 57.8 Å². The Hall–Kier alpha value is -3.51. The lowest BCUT2D eigenvalue weighted by Crippen LogP contribution is -2.64. The predicted octanol–water partition coefficient (Wildman–Crippen LogP) is 8.39. The van der Waals surface area contributed by atoms with Crippen LogP contribution in [0.15, 0.2) is 47.7 Å². The van der Waals surface area contributed by atoms with E-state index in [9.17, 15) is 29.4 Å². The Morgan fingerprint density at radius 1 is 0.929 bits per heavy atom. The van der Waals surface area contributed by atoms with Gasteiger partial charge in [-0.3, -0.25) is 14.4 Å². The number of rotatable bonds is 10. The number of halogens is 2. The Kier molecular flexibility index (Phi) is 19.9. The van der Waals surface area contributed by atoms with Crippen LogP contribution < -0.4 is 0 Å². The second kappa shape index (κ2) is 24.9. The summed E-state index contributed by atoms with van der Waals surface area (Å²) in [6, 6.07) is 4.12. The second-order valence-corrected chi connectivity index (χ2v) is 21.2. The molecule has 1 aromatic carbocycles. The van der Waals surface area contributed by atoms with Crippen LogP contribution in [0.3, 0.4) is 0 Å². The number of allylic oxidation sites excluding steroid dienone is 3. The van der Waals surface area contributed by atoms with Gasteiger partial charge < -0.3 is 48.5 Å². The Morgan fingerprint density at radius 3 is 2.29 bits per heavy atom. The van der Waals surface area contributed by atoms with Gasteiger partial charge in [-0.05, 0) is 114 Å². The van der Waals surface area contributed by atoms with Gasteiger partial charge in [0.15, 0.2) is 0 Å². The molecule has 2 aromatic rings. The zero-order chi connectivity index (χ0) is 51.0. The molecule has 1 aromatic heterocycles. The smallest absolute Gasteiger partial charge is 0.329 e. The van der Waals surface area contributed by atoms with Crippen LogP contribution in [0, 0.1) is 29.6 Å². The van der Waals surface area contributed by atoms with Gasteiger partial charge in [-0.25, -0.2) is 9.78 Å². The van der Waals surface area contributed by atoms with Gasteiger partial charge in [-0.1, -0.05) is 68.6 Å². The number of cyclic esters (lactones) is 1. The van der Waals surface area contributed by atoms with E-state index < -0.39 is 77.8 Å². The Balaban J connectivity index is 1.26. The fourth-order valence-electron chi connectivity index (χ4n) is 11.0. The summed E-state index contributed by atoms with van der Waals surface area (Å²) in [6.07, 6.45) is 5.89. The van der Waals surface area contributed by atoms with E-state index >= 15 is 0 Å². The molecule has 388 valence electrons. The van der Waals surface area contributed by atoms with Gasteiger partial charge in [0.25, 0.3) is 11.7 Å². The monoisotopic (exact) mass is 1020 g/mol. The number of esters is 1. The van der Waals surface area contributed by atoms with Crippen molar-refractivity contribution in [3.63, 3.8) is 0 Å². The molecule has 0 unspecified atom stereocenters. The molecule has 3 aliphatic heterocycles. The number of nitrogens with zero attached hydrogens (tertiary/aromatic N) is 2. The fourth-order valence-corrected chi connectivity index (χ4v) is 11.6. The molecule has 3 N–H and O–H groups in total. The van der Waals surface area contributed by atoms with Crippen molar-refractivity contribution in [1.82, 2.24) is 14.9 Å². The van der Waals surface area contributed by atoms with E-state index in [4.69, 9.17) is 51.6 Å². The van der Waals surface area contributed by atoms with Crippen LogP contribution >= 0.6 is 23.2 Å². The van der Waals surface area contributed by atoms with Crippen molar-refractivity contribution in [1.29, 1.82) is 0 Å². The number of aromatic amines is 1. The number of hydrogen-bond donors (Lipinski definition) is 3. The molecule has 0 spiro atoms. The third-order valence-electron chi connectivity index (χ3n) is 15.1. The summed E-state index contributed by atoms with van der Waals surface area (Å²) in [4.78, 5) is 66.4. The first-order valence-corrected chi connectivity index (χ1v) is 25.8. The highest BCUT2D eigenvalue weighted by atomic mass is 35.5. The molecule has 17 heteroatoms. The third kappa shape index (κ3) is 13.4. The van der Waals surface area contributed by atoms with Gasteiger partial charge in [-0.2, -0.15) is 0 Å². The van der Waals surface area contributed by atoms with E-state index in [-0.39, 0.29) is 62.2 Å². The molecule has 4 heterocycles. The first-order chi connectivity index (χ1) is 33.3. The highest BCUT2D eigenvalue weighted by molar-refractivity contribution is 6.39. The SMILES string of the molecule is CC[C@@H]1/C=C(\C)C[C@H](C)C[C@H](OC)[C@H]2O[C@@](O)(C(=O)C(=O)N3CCCC[C@H]3C(=O)O[C@H](/C(C)=C/[C@@H]3CC[C@@H](OCc4ncc(-c5cc(Cl)cc(Cl)c5)[nH]4)[C@H](OC)C3)[C@H](C)[C@@H](O)CC1=O)[C@H](C)C[C@@H]2OC. The average Bonchev–Trinajstić information content (AvgIpc) is 3.82. The molecule has 15 nitrogen and oxygen atoms in total. The number of amides is 1. The van der Waals surface area contributed by atoms with E-state index in [0.717, 1.165) is 23.3 Å². The molecule has 1 amide bonds. The van der Waals surface area contributed by atoms with Gasteiger partial charge in [0.05, 0.1) is 42.4 Å². The quantitative estimate of drug-likeness (QED) is 0.117. The molecule has 3 fully saturated rings. The minimum absolute atomic E-state index is 0.0195. The summed E-state index contributed by atoms with van der Waals surface area (Å²) in [7, 11) is 4.72. The largest absolute Gasteiger partial charge is 0.456 e. The van der Waals surface area contributed by atoms with E-state index in [1.165, 1.54) is 19.1 Å². The maximum atomic E-state index is 14.6. The molecule has 0 radical (unpaired) electrons. The van der Waals surface area contributed by atoms with Crippen LogP contribution in [0.2, 0.25) is 10.0 Å². The average molecular weight is 1020 g/mol. The zero-order valence-corrected chi connectivity index (χ0v) is 43.8. The molecular formula is C53H75Cl2N3O12. The number of carbonyl (C=O) groups excluding carboxylic acids is 4. The fraction of sp³-hybridized carbons (Fsp3) is 0.679. The number of fused-ring (bicyclic) bond motifs is 3. The van der Waals surface area contributed by atoms with Crippen molar-refractivity contribution in [3.05, 3.63) is 63.6 Å². The van der Waals surface area contributed by atoms with Crippen LogP contribution in [-0.2, 0) is 54.2 Å². The molecule has 1 aliphatic carbocycles. The highest BCUT2D eigenvalue weighted by Crippen LogP contribution is 2.40. The Morgan fingerprint density at radius 2 is 1.61 bits per heavy atom. The summed E-state index contributed by atoms with van der Waals surface area (Å²) in [5.74, 6) is -7.02.